The molecular formula is C23H30F2N2O3S. The fraction of sp³-hybridized carbons (Fsp3) is 0.609. The molecule has 2 bridgehead atoms. The minimum atomic E-state index is -1.35. The van der Waals surface area contributed by atoms with Crippen LogP contribution in [-0.4, -0.2) is 36.8 Å². The van der Waals surface area contributed by atoms with E-state index in [4.69, 9.17) is 19.9 Å². The first kappa shape index (κ1) is 22.7. The molecule has 2 aromatic heterocycles. The number of hydrogen-bond donors (Lipinski definition) is 1. The number of ether oxygens (including phenoxy) is 3. The summed E-state index contributed by atoms with van der Waals surface area (Å²) in [4.78, 5) is 4.13. The van der Waals surface area contributed by atoms with Crippen molar-refractivity contribution in [2.24, 2.45) is 22.5 Å². The van der Waals surface area contributed by atoms with Gasteiger partial charge in [-0.2, -0.15) is 11.3 Å². The van der Waals surface area contributed by atoms with Crippen LogP contribution >= 0.6 is 11.3 Å². The van der Waals surface area contributed by atoms with Gasteiger partial charge in [-0.05, 0) is 52.1 Å². The summed E-state index contributed by atoms with van der Waals surface area (Å²) in [7, 11) is 0. The molecule has 0 amide bonds. The summed E-state index contributed by atoms with van der Waals surface area (Å²) in [6, 6.07) is 2.37. The van der Waals surface area contributed by atoms with Gasteiger partial charge in [0, 0.05) is 11.6 Å². The maximum absolute atomic E-state index is 14.6. The van der Waals surface area contributed by atoms with Crippen LogP contribution in [0.1, 0.15) is 44.9 Å². The number of aromatic nitrogens is 1. The van der Waals surface area contributed by atoms with Crippen LogP contribution in [0.4, 0.5) is 8.78 Å². The number of nitrogens with zero attached hydrogens (tertiary/aromatic N) is 1. The molecule has 3 aliphatic rings. The molecule has 3 fully saturated rings. The molecule has 1 unspecified atom stereocenters. The first-order valence-corrected chi connectivity index (χ1v) is 11.5. The average molecular weight is 453 g/mol. The molecule has 5 nitrogen and oxygen atoms in total. The van der Waals surface area contributed by atoms with Gasteiger partial charge >= 0.3 is 0 Å². The second-order valence-corrected chi connectivity index (χ2v) is 10.9. The topological polar surface area (TPSA) is 66.6 Å². The summed E-state index contributed by atoms with van der Waals surface area (Å²) in [5, 5.41) is 3.99. The summed E-state index contributed by atoms with van der Waals surface area (Å²) in [5.41, 5.74) is 7.44. The molecule has 170 valence electrons. The van der Waals surface area contributed by atoms with E-state index >= 15 is 0 Å². The molecule has 8 heteroatoms. The van der Waals surface area contributed by atoms with Crippen molar-refractivity contribution in [3.8, 4) is 0 Å². The van der Waals surface area contributed by atoms with Crippen molar-refractivity contribution in [3.05, 3.63) is 52.0 Å². The highest BCUT2D eigenvalue weighted by Gasteiger charge is 2.58. The monoisotopic (exact) mass is 452 g/mol. The highest BCUT2D eigenvalue weighted by Crippen LogP contribution is 2.49. The Labute approximate surface area is 185 Å². The van der Waals surface area contributed by atoms with Gasteiger partial charge in [-0.15, -0.1) is 0 Å². The SMILES string of the molecule is CC12COC([C@@H](N)C([C@H](Cc3nccc(F)c3F)c3ccsc3)C(C)(C)C)(OC1)OC2. The van der Waals surface area contributed by atoms with Crippen LogP contribution in [-0.2, 0) is 20.6 Å². The van der Waals surface area contributed by atoms with Crippen molar-refractivity contribution >= 4 is 11.3 Å². The minimum absolute atomic E-state index is 0.0813. The van der Waals surface area contributed by atoms with Crippen molar-refractivity contribution in [3.63, 3.8) is 0 Å². The molecule has 2 aromatic rings. The molecular weight excluding hydrogens is 422 g/mol. The maximum Gasteiger partial charge on any atom is 0.299 e. The number of fused-ring (bicyclic) bond motifs is 3. The van der Waals surface area contributed by atoms with E-state index < -0.39 is 23.6 Å². The van der Waals surface area contributed by atoms with Gasteiger partial charge in [0.2, 0.25) is 0 Å². The van der Waals surface area contributed by atoms with E-state index in [0.29, 0.717) is 19.8 Å². The van der Waals surface area contributed by atoms with Gasteiger partial charge in [-0.1, -0.05) is 27.7 Å². The summed E-state index contributed by atoms with van der Waals surface area (Å²) in [6.45, 7) is 9.80. The zero-order valence-corrected chi connectivity index (χ0v) is 19.2. The number of hydrogen-bond acceptors (Lipinski definition) is 6. The predicted octanol–water partition coefficient (Wildman–Crippen LogP) is 4.47. The zero-order valence-electron chi connectivity index (χ0n) is 18.4. The average Bonchev–Trinajstić information content (AvgIpc) is 3.25. The Morgan fingerprint density at radius 1 is 1.16 bits per heavy atom. The molecule has 0 saturated carbocycles. The third-order valence-corrected chi connectivity index (χ3v) is 7.09. The molecule has 2 N–H and O–H groups in total. The van der Waals surface area contributed by atoms with Gasteiger partial charge < -0.3 is 19.9 Å². The van der Waals surface area contributed by atoms with Gasteiger partial charge in [0.05, 0.1) is 31.6 Å². The lowest BCUT2D eigenvalue weighted by Gasteiger charge is -2.55. The van der Waals surface area contributed by atoms with Crippen LogP contribution in [0.2, 0.25) is 0 Å². The van der Waals surface area contributed by atoms with Gasteiger partial charge in [-0.25, -0.2) is 8.78 Å². The molecule has 0 spiro atoms. The van der Waals surface area contributed by atoms with E-state index in [9.17, 15) is 8.78 Å². The van der Waals surface area contributed by atoms with E-state index in [0.717, 1.165) is 11.6 Å². The smallest absolute Gasteiger partial charge is 0.299 e. The number of halogens is 2. The van der Waals surface area contributed by atoms with Gasteiger partial charge in [0.25, 0.3) is 5.97 Å². The van der Waals surface area contributed by atoms with Crippen molar-refractivity contribution in [2.45, 2.75) is 52.0 Å². The zero-order chi connectivity index (χ0) is 22.4. The van der Waals surface area contributed by atoms with Crippen LogP contribution in [0.3, 0.4) is 0 Å². The van der Waals surface area contributed by atoms with E-state index in [-0.39, 0.29) is 34.8 Å². The summed E-state index contributed by atoms with van der Waals surface area (Å²) in [5.74, 6) is -3.66. The third-order valence-electron chi connectivity index (χ3n) is 6.39. The Morgan fingerprint density at radius 2 is 1.81 bits per heavy atom. The maximum atomic E-state index is 14.6. The quantitative estimate of drug-likeness (QED) is 0.700. The van der Waals surface area contributed by atoms with Gasteiger partial charge in [-0.3, -0.25) is 4.98 Å². The van der Waals surface area contributed by atoms with Crippen molar-refractivity contribution in [1.82, 2.24) is 4.98 Å². The lowest BCUT2D eigenvalue weighted by atomic mass is 9.65. The molecule has 31 heavy (non-hydrogen) atoms. The Bertz CT molecular complexity index is 892. The fourth-order valence-corrected chi connectivity index (χ4v) is 5.45. The van der Waals surface area contributed by atoms with Crippen LogP contribution in [0.15, 0.2) is 29.1 Å². The fourth-order valence-electron chi connectivity index (χ4n) is 4.72. The first-order chi connectivity index (χ1) is 14.5. The Kier molecular flexibility index (Phi) is 5.98. The van der Waals surface area contributed by atoms with Crippen LogP contribution in [0.5, 0.6) is 0 Å². The normalized spacial score (nSPS) is 29.0. The molecule has 3 atom stereocenters. The summed E-state index contributed by atoms with van der Waals surface area (Å²) >= 11 is 1.55. The Hall–Kier alpha value is -1.45. The molecule has 3 saturated heterocycles. The standard InChI is InChI=1S/C23H30F2N2O3S/c1-21(2,3)18(20(26)23-28-11-22(4,12-29-23)13-30-23)15(14-6-8-31-10-14)9-17-19(25)16(24)5-7-27-17/h5-8,10,15,18,20H,9,11-13,26H2,1-4H3/t15-,18?,20+,22?,23?/m1/s1. The number of rotatable bonds is 6. The molecule has 0 radical (unpaired) electrons. The molecule has 5 rings (SSSR count). The van der Waals surface area contributed by atoms with E-state index in [1.807, 2.05) is 16.8 Å². The highest BCUT2D eigenvalue weighted by atomic mass is 32.1. The number of thiophene rings is 1. The van der Waals surface area contributed by atoms with E-state index in [1.165, 1.54) is 6.20 Å². The van der Waals surface area contributed by atoms with E-state index in [2.05, 4.69) is 32.7 Å². The van der Waals surface area contributed by atoms with Gasteiger partial charge in [0.1, 0.15) is 0 Å². The summed E-state index contributed by atoms with van der Waals surface area (Å²) < 4.78 is 46.6. The third kappa shape index (κ3) is 4.28. The van der Waals surface area contributed by atoms with Crippen LogP contribution in [0, 0.1) is 28.4 Å². The largest absolute Gasteiger partial charge is 0.325 e. The lowest BCUT2D eigenvalue weighted by molar-refractivity contribution is -0.476. The predicted molar refractivity (Wildman–Crippen MR) is 115 cm³/mol. The molecule has 0 aliphatic carbocycles. The van der Waals surface area contributed by atoms with Crippen molar-refractivity contribution in [1.29, 1.82) is 0 Å². The lowest BCUT2D eigenvalue weighted by Crippen LogP contribution is -2.69. The molecule has 0 aromatic carbocycles. The second-order valence-electron chi connectivity index (χ2n) is 10.1. The van der Waals surface area contributed by atoms with Crippen molar-refractivity contribution < 1.29 is 23.0 Å². The second kappa shape index (κ2) is 8.15. The Morgan fingerprint density at radius 3 is 2.35 bits per heavy atom. The Balaban J connectivity index is 1.73. The summed E-state index contributed by atoms with van der Waals surface area (Å²) in [6.07, 6.45) is 1.49. The first-order valence-electron chi connectivity index (χ1n) is 10.5. The van der Waals surface area contributed by atoms with Gasteiger partial charge in [0.15, 0.2) is 11.6 Å². The number of nitrogens with two attached hydrogens (primary N) is 1. The molecule has 3 aliphatic heterocycles. The van der Waals surface area contributed by atoms with Crippen LogP contribution in [0.25, 0.3) is 0 Å². The van der Waals surface area contributed by atoms with E-state index in [1.54, 1.807) is 11.3 Å². The highest BCUT2D eigenvalue weighted by molar-refractivity contribution is 7.08. The van der Waals surface area contributed by atoms with Crippen LogP contribution < -0.4 is 5.73 Å². The van der Waals surface area contributed by atoms with Crippen molar-refractivity contribution in [2.75, 3.05) is 19.8 Å². The molecule has 5 heterocycles. The number of pyridine rings is 1. The minimum Gasteiger partial charge on any atom is -0.325 e.